The number of hydrogen-bond acceptors (Lipinski definition) is 4. The van der Waals surface area contributed by atoms with Gasteiger partial charge in [0.05, 0.1) is 26.3 Å². The Morgan fingerprint density at radius 1 is 1.25 bits per heavy atom. The highest BCUT2D eigenvalue weighted by atomic mass is 16.7. The summed E-state index contributed by atoms with van der Waals surface area (Å²) in [6, 6.07) is 9.52. The number of likely N-dealkylation sites (tertiary alicyclic amines) is 1. The minimum atomic E-state index is -0.467. The molecule has 108 valence electrons. The molecule has 2 aliphatic heterocycles. The van der Waals surface area contributed by atoms with Gasteiger partial charge in [-0.15, -0.1) is 0 Å². The van der Waals surface area contributed by atoms with Crippen molar-refractivity contribution in [3.8, 4) is 0 Å². The predicted molar refractivity (Wildman–Crippen MR) is 75.4 cm³/mol. The smallest absolute Gasteiger partial charge is 0.238 e. The fourth-order valence-corrected chi connectivity index (χ4v) is 2.86. The maximum Gasteiger partial charge on any atom is 0.238 e. The zero-order valence-corrected chi connectivity index (χ0v) is 11.5. The van der Waals surface area contributed by atoms with Gasteiger partial charge in [-0.25, -0.2) is 0 Å². The molecule has 2 saturated heterocycles. The Morgan fingerprint density at radius 2 is 2.00 bits per heavy atom. The molecule has 3 rings (SSSR count). The van der Waals surface area contributed by atoms with Gasteiger partial charge in [0.2, 0.25) is 5.91 Å². The van der Waals surface area contributed by atoms with Crippen LogP contribution in [0.2, 0.25) is 0 Å². The molecule has 1 aromatic rings. The summed E-state index contributed by atoms with van der Waals surface area (Å²) in [6.07, 6.45) is 1.92. The molecule has 0 atom stereocenters. The van der Waals surface area contributed by atoms with Crippen LogP contribution in [0.25, 0.3) is 0 Å². The highest BCUT2D eigenvalue weighted by Crippen LogP contribution is 2.29. The molecular weight excluding hydrogens is 256 g/mol. The molecular formula is C15H20N2O3. The van der Waals surface area contributed by atoms with Crippen LogP contribution in [-0.2, 0) is 14.3 Å². The number of carbonyl (C=O) groups excluding carboxylic acids is 1. The third kappa shape index (κ3) is 3.17. The Morgan fingerprint density at radius 3 is 2.75 bits per heavy atom. The van der Waals surface area contributed by atoms with Crippen molar-refractivity contribution in [2.75, 3.05) is 38.2 Å². The molecule has 0 bridgehead atoms. The van der Waals surface area contributed by atoms with E-state index in [1.807, 2.05) is 30.3 Å². The van der Waals surface area contributed by atoms with Gasteiger partial charge in [0.25, 0.3) is 0 Å². The van der Waals surface area contributed by atoms with Crippen LogP contribution in [-0.4, -0.2) is 49.4 Å². The van der Waals surface area contributed by atoms with Crippen LogP contribution in [0.5, 0.6) is 0 Å². The third-order valence-electron chi connectivity index (χ3n) is 3.73. The lowest BCUT2D eigenvalue weighted by atomic mass is 10.0. The Balaban J connectivity index is 1.53. The normalized spacial score (nSPS) is 22.0. The summed E-state index contributed by atoms with van der Waals surface area (Å²) in [4.78, 5) is 14.2. The zero-order valence-electron chi connectivity index (χ0n) is 11.5. The summed E-state index contributed by atoms with van der Waals surface area (Å²) in [5.41, 5.74) is 0.831. The second-order valence-electron chi connectivity index (χ2n) is 5.34. The van der Waals surface area contributed by atoms with Crippen molar-refractivity contribution < 1.29 is 14.3 Å². The number of carbonyl (C=O) groups is 1. The molecule has 0 aromatic heterocycles. The number of benzene rings is 1. The summed E-state index contributed by atoms with van der Waals surface area (Å²) in [6.45, 7) is 3.28. The first-order valence-electron chi connectivity index (χ1n) is 7.11. The standard InChI is InChI=1S/C15H20N2O3/c18-14(16-13-5-2-1-3-6-13)11-17-8-4-7-15(12-17)19-9-10-20-15/h1-3,5-6H,4,7-12H2,(H,16,18). The van der Waals surface area contributed by atoms with E-state index >= 15 is 0 Å². The van der Waals surface area contributed by atoms with E-state index in [1.165, 1.54) is 0 Å². The van der Waals surface area contributed by atoms with E-state index in [-0.39, 0.29) is 5.91 Å². The Kier molecular flexibility index (Phi) is 4.00. The average molecular weight is 276 g/mol. The molecule has 1 spiro atoms. The van der Waals surface area contributed by atoms with Crippen molar-refractivity contribution >= 4 is 11.6 Å². The van der Waals surface area contributed by atoms with Crippen LogP contribution in [0.1, 0.15) is 12.8 Å². The Bertz CT molecular complexity index is 457. The third-order valence-corrected chi connectivity index (χ3v) is 3.73. The lowest BCUT2D eigenvalue weighted by Crippen LogP contribution is -2.50. The largest absolute Gasteiger partial charge is 0.346 e. The summed E-state index contributed by atoms with van der Waals surface area (Å²) >= 11 is 0. The number of nitrogens with zero attached hydrogens (tertiary/aromatic N) is 1. The number of para-hydroxylation sites is 1. The zero-order chi connectivity index (χ0) is 13.8. The number of rotatable bonds is 3. The van der Waals surface area contributed by atoms with Gasteiger partial charge in [0.15, 0.2) is 5.79 Å². The number of nitrogens with one attached hydrogen (secondary N) is 1. The molecule has 5 heteroatoms. The highest BCUT2D eigenvalue weighted by Gasteiger charge is 2.40. The Hall–Kier alpha value is -1.43. The van der Waals surface area contributed by atoms with Gasteiger partial charge >= 0.3 is 0 Å². The maximum atomic E-state index is 12.0. The number of ether oxygens (including phenoxy) is 2. The number of amides is 1. The van der Waals surface area contributed by atoms with Crippen molar-refractivity contribution in [1.29, 1.82) is 0 Å². The molecule has 0 aliphatic carbocycles. The SMILES string of the molecule is O=C(CN1CCCC2(C1)OCCO2)Nc1ccccc1. The van der Waals surface area contributed by atoms with Crippen molar-refractivity contribution in [3.05, 3.63) is 30.3 Å². The van der Waals surface area contributed by atoms with Gasteiger partial charge in [0, 0.05) is 12.1 Å². The lowest BCUT2D eigenvalue weighted by molar-refractivity contribution is -0.189. The van der Waals surface area contributed by atoms with Gasteiger partial charge in [-0.05, 0) is 25.1 Å². The molecule has 0 saturated carbocycles. The number of piperidine rings is 1. The van der Waals surface area contributed by atoms with Crippen molar-refractivity contribution in [2.45, 2.75) is 18.6 Å². The molecule has 2 aliphatic rings. The molecule has 0 unspecified atom stereocenters. The topological polar surface area (TPSA) is 50.8 Å². The van der Waals surface area contributed by atoms with Crippen LogP contribution in [0.3, 0.4) is 0 Å². The van der Waals surface area contributed by atoms with E-state index in [9.17, 15) is 4.79 Å². The first kappa shape index (κ1) is 13.5. The van der Waals surface area contributed by atoms with Crippen molar-refractivity contribution in [2.24, 2.45) is 0 Å². The summed E-state index contributed by atoms with van der Waals surface area (Å²) in [5, 5.41) is 2.91. The average Bonchev–Trinajstić information content (AvgIpc) is 2.87. The van der Waals surface area contributed by atoms with E-state index < -0.39 is 5.79 Å². The van der Waals surface area contributed by atoms with Crippen molar-refractivity contribution in [1.82, 2.24) is 4.90 Å². The van der Waals surface area contributed by atoms with Crippen LogP contribution in [0.15, 0.2) is 30.3 Å². The van der Waals surface area contributed by atoms with Gasteiger partial charge in [-0.3, -0.25) is 9.69 Å². The summed E-state index contributed by atoms with van der Waals surface area (Å²) in [7, 11) is 0. The minimum Gasteiger partial charge on any atom is -0.346 e. The number of hydrogen-bond donors (Lipinski definition) is 1. The molecule has 2 fully saturated rings. The summed E-state index contributed by atoms with van der Waals surface area (Å²) < 4.78 is 11.4. The van der Waals surface area contributed by atoms with E-state index in [4.69, 9.17) is 9.47 Å². The lowest BCUT2D eigenvalue weighted by Gasteiger charge is -2.38. The monoisotopic (exact) mass is 276 g/mol. The molecule has 1 N–H and O–H groups in total. The summed E-state index contributed by atoms with van der Waals surface area (Å²) in [5.74, 6) is -0.461. The second-order valence-corrected chi connectivity index (χ2v) is 5.34. The fourth-order valence-electron chi connectivity index (χ4n) is 2.86. The van der Waals surface area contributed by atoms with Gasteiger partial charge in [0.1, 0.15) is 0 Å². The van der Waals surface area contributed by atoms with E-state index in [0.717, 1.165) is 25.1 Å². The van der Waals surface area contributed by atoms with Gasteiger partial charge < -0.3 is 14.8 Å². The minimum absolute atomic E-state index is 0.00578. The van der Waals surface area contributed by atoms with Crippen LogP contribution >= 0.6 is 0 Å². The number of anilines is 1. The fraction of sp³-hybridized carbons (Fsp3) is 0.533. The molecule has 0 radical (unpaired) electrons. The quantitative estimate of drug-likeness (QED) is 0.908. The van der Waals surface area contributed by atoms with E-state index in [2.05, 4.69) is 10.2 Å². The molecule has 20 heavy (non-hydrogen) atoms. The van der Waals surface area contributed by atoms with E-state index in [1.54, 1.807) is 0 Å². The highest BCUT2D eigenvalue weighted by molar-refractivity contribution is 5.92. The van der Waals surface area contributed by atoms with Gasteiger partial charge in [-0.2, -0.15) is 0 Å². The van der Waals surface area contributed by atoms with E-state index in [0.29, 0.717) is 26.3 Å². The van der Waals surface area contributed by atoms with Crippen molar-refractivity contribution in [3.63, 3.8) is 0 Å². The first-order chi connectivity index (χ1) is 9.76. The van der Waals surface area contributed by atoms with Gasteiger partial charge in [-0.1, -0.05) is 18.2 Å². The molecule has 1 amide bonds. The predicted octanol–water partition coefficient (Wildman–Crippen LogP) is 1.46. The van der Waals surface area contributed by atoms with Crippen LogP contribution in [0, 0.1) is 0 Å². The molecule has 1 aromatic carbocycles. The maximum absolute atomic E-state index is 12.0. The first-order valence-corrected chi connectivity index (χ1v) is 7.11. The molecule has 5 nitrogen and oxygen atoms in total. The second kappa shape index (κ2) is 5.91. The van der Waals surface area contributed by atoms with Crippen LogP contribution < -0.4 is 5.32 Å². The Labute approximate surface area is 118 Å². The van der Waals surface area contributed by atoms with Crippen LogP contribution in [0.4, 0.5) is 5.69 Å². The molecule has 2 heterocycles.